The van der Waals surface area contributed by atoms with Gasteiger partial charge in [0, 0.05) is 31.2 Å². The number of carbonyl (C=O) groups is 1. The van der Waals surface area contributed by atoms with Gasteiger partial charge in [-0.2, -0.15) is 0 Å². The van der Waals surface area contributed by atoms with Crippen molar-refractivity contribution in [1.82, 2.24) is 30.3 Å². The number of hydrogen-bond acceptors (Lipinski definition) is 5. The zero-order valence-electron chi connectivity index (χ0n) is 12.6. The van der Waals surface area contributed by atoms with Crippen molar-refractivity contribution in [3.8, 4) is 5.82 Å². The molecule has 0 bridgehead atoms. The Labute approximate surface area is 132 Å². The summed E-state index contributed by atoms with van der Waals surface area (Å²) in [6, 6.07) is 5.24. The molecule has 2 N–H and O–H groups in total. The van der Waals surface area contributed by atoms with Gasteiger partial charge in [0.2, 0.25) is 0 Å². The highest BCUT2D eigenvalue weighted by Gasteiger charge is 2.05. The number of pyridine rings is 1. The number of aromatic nitrogens is 4. The number of urea groups is 1. The highest BCUT2D eigenvalue weighted by Crippen LogP contribution is 2.06. The van der Waals surface area contributed by atoms with E-state index in [-0.39, 0.29) is 6.03 Å². The fourth-order valence-electron chi connectivity index (χ4n) is 2.02. The largest absolute Gasteiger partial charge is 0.359 e. The molecule has 3 rings (SSSR count). The second kappa shape index (κ2) is 6.73. The Balaban J connectivity index is 1.52. The van der Waals surface area contributed by atoms with Crippen molar-refractivity contribution in [2.45, 2.75) is 20.0 Å². The summed E-state index contributed by atoms with van der Waals surface area (Å²) < 4.78 is 6.83. The number of hydrogen-bond donors (Lipinski definition) is 2. The number of nitrogens with zero attached hydrogens (tertiary/aromatic N) is 4. The number of amides is 2. The lowest BCUT2D eigenvalue weighted by Gasteiger charge is -2.08. The van der Waals surface area contributed by atoms with Crippen LogP contribution < -0.4 is 10.6 Å². The molecule has 0 atom stereocenters. The first kappa shape index (κ1) is 14.8. The first-order chi connectivity index (χ1) is 11.2. The van der Waals surface area contributed by atoms with Crippen molar-refractivity contribution in [3.05, 3.63) is 60.1 Å². The normalized spacial score (nSPS) is 10.5. The summed E-state index contributed by atoms with van der Waals surface area (Å²) in [6.45, 7) is 2.52. The molecule has 0 spiro atoms. The third-order valence-corrected chi connectivity index (χ3v) is 3.13. The lowest BCUT2D eigenvalue weighted by molar-refractivity contribution is 0.238. The monoisotopic (exact) mass is 312 g/mol. The molecule has 2 amide bonds. The molecule has 0 unspecified atom stereocenters. The summed E-state index contributed by atoms with van der Waals surface area (Å²) in [5.41, 5.74) is 1.72. The summed E-state index contributed by atoms with van der Waals surface area (Å²) in [7, 11) is 0. The van der Waals surface area contributed by atoms with Gasteiger partial charge in [-0.15, -0.1) is 0 Å². The zero-order valence-corrected chi connectivity index (χ0v) is 12.6. The molecule has 0 aliphatic rings. The van der Waals surface area contributed by atoms with Crippen molar-refractivity contribution >= 4 is 6.03 Å². The van der Waals surface area contributed by atoms with E-state index in [1.807, 2.05) is 25.3 Å². The lowest BCUT2D eigenvalue weighted by Crippen LogP contribution is -2.34. The van der Waals surface area contributed by atoms with E-state index in [1.54, 1.807) is 29.4 Å². The van der Waals surface area contributed by atoms with Crippen LogP contribution in [0.2, 0.25) is 0 Å². The number of carbonyl (C=O) groups excluding carboxylic acids is 1. The molecule has 3 aromatic heterocycles. The van der Waals surface area contributed by atoms with Crippen LogP contribution in [-0.2, 0) is 13.1 Å². The fraction of sp³-hybridized carbons (Fsp3) is 0.200. The predicted molar refractivity (Wildman–Crippen MR) is 81.7 cm³/mol. The van der Waals surface area contributed by atoms with Crippen molar-refractivity contribution in [2.24, 2.45) is 0 Å². The molecular weight excluding hydrogens is 296 g/mol. The fourth-order valence-corrected chi connectivity index (χ4v) is 2.02. The van der Waals surface area contributed by atoms with Gasteiger partial charge in [0.25, 0.3) is 0 Å². The van der Waals surface area contributed by atoms with Gasteiger partial charge >= 0.3 is 6.03 Å². The highest BCUT2D eigenvalue weighted by molar-refractivity contribution is 5.73. The molecule has 118 valence electrons. The van der Waals surface area contributed by atoms with Crippen LogP contribution >= 0.6 is 0 Å². The van der Waals surface area contributed by atoms with Crippen LogP contribution in [0.1, 0.15) is 17.0 Å². The molecule has 23 heavy (non-hydrogen) atoms. The molecule has 0 aliphatic carbocycles. The van der Waals surface area contributed by atoms with Gasteiger partial charge in [0.05, 0.1) is 12.2 Å². The van der Waals surface area contributed by atoms with Gasteiger partial charge in [-0.3, -0.25) is 4.57 Å². The van der Waals surface area contributed by atoms with E-state index in [4.69, 9.17) is 4.52 Å². The molecule has 3 aromatic rings. The summed E-state index contributed by atoms with van der Waals surface area (Å²) in [5.74, 6) is 1.36. The van der Waals surface area contributed by atoms with E-state index in [9.17, 15) is 4.79 Å². The minimum absolute atomic E-state index is 0.278. The summed E-state index contributed by atoms with van der Waals surface area (Å²) in [5, 5.41) is 9.25. The number of nitrogens with one attached hydrogen (secondary N) is 2. The summed E-state index contributed by atoms with van der Waals surface area (Å²) in [4.78, 5) is 20.0. The standard InChI is InChI=1S/C15H16N6O2/c1-11-6-13(23-20-11)9-19-15(22)18-8-12-2-3-17-14(7-12)21-5-4-16-10-21/h2-7,10H,8-9H2,1H3,(H2,18,19,22). The molecule has 0 fully saturated rings. The van der Waals surface area contributed by atoms with E-state index in [0.717, 1.165) is 17.1 Å². The van der Waals surface area contributed by atoms with Crippen LogP contribution in [0.3, 0.4) is 0 Å². The van der Waals surface area contributed by atoms with Crippen LogP contribution in [0.15, 0.2) is 47.6 Å². The van der Waals surface area contributed by atoms with Gasteiger partial charge in [-0.05, 0) is 24.6 Å². The molecule has 3 heterocycles. The average Bonchev–Trinajstić information content (AvgIpc) is 3.23. The van der Waals surface area contributed by atoms with Gasteiger partial charge in [-0.25, -0.2) is 14.8 Å². The van der Waals surface area contributed by atoms with E-state index >= 15 is 0 Å². The average molecular weight is 312 g/mol. The van der Waals surface area contributed by atoms with Gasteiger partial charge in [-0.1, -0.05) is 5.16 Å². The first-order valence-corrected chi connectivity index (χ1v) is 7.08. The van der Waals surface area contributed by atoms with Gasteiger partial charge < -0.3 is 15.2 Å². The van der Waals surface area contributed by atoms with E-state index < -0.39 is 0 Å². The Hall–Kier alpha value is -3.16. The topological polar surface area (TPSA) is 97.9 Å². The van der Waals surface area contributed by atoms with E-state index in [1.165, 1.54) is 0 Å². The zero-order chi connectivity index (χ0) is 16.1. The smallest absolute Gasteiger partial charge is 0.315 e. The van der Waals surface area contributed by atoms with Crippen LogP contribution in [-0.4, -0.2) is 25.7 Å². The van der Waals surface area contributed by atoms with Crippen LogP contribution in [0.25, 0.3) is 5.82 Å². The van der Waals surface area contributed by atoms with Crippen molar-refractivity contribution in [3.63, 3.8) is 0 Å². The molecule has 0 saturated heterocycles. The SMILES string of the molecule is Cc1cc(CNC(=O)NCc2ccnc(-n3ccnc3)c2)on1. The second-order valence-corrected chi connectivity index (χ2v) is 4.96. The van der Waals surface area contributed by atoms with Crippen molar-refractivity contribution < 1.29 is 9.32 Å². The molecule has 8 heteroatoms. The van der Waals surface area contributed by atoms with E-state index in [2.05, 4.69) is 25.8 Å². The first-order valence-electron chi connectivity index (χ1n) is 7.08. The van der Waals surface area contributed by atoms with E-state index in [0.29, 0.717) is 18.8 Å². The minimum atomic E-state index is -0.278. The third-order valence-electron chi connectivity index (χ3n) is 3.13. The van der Waals surface area contributed by atoms with Crippen molar-refractivity contribution in [1.29, 1.82) is 0 Å². The van der Waals surface area contributed by atoms with Gasteiger partial charge in [0.15, 0.2) is 5.76 Å². The summed E-state index contributed by atoms with van der Waals surface area (Å²) >= 11 is 0. The number of imidazole rings is 1. The maximum atomic E-state index is 11.8. The predicted octanol–water partition coefficient (Wildman–Crippen LogP) is 1.56. The van der Waals surface area contributed by atoms with Gasteiger partial charge in [0.1, 0.15) is 12.1 Å². The molecule has 8 nitrogen and oxygen atoms in total. The van der Waals surface area contributed by atoms with Crippen LogP contribution in [0.4, 0.5) is 4.79 Å². The molecule has 0 aliphatic heterocycles. The van der Waals surface area contributed by atoms with Crippen LogP contribution in [0.5, 0.6) is 0 Å². The lowest BCUT2D eigenvalue weighted by atomic mass is 10.2. The Kier molecular flexibility index (Phi) is 4.32. The minimum Gasteiger partial charge on any atom is -0.359 e. The molecule has 0 saturated carbocycles. The third kappa shape index (κ3) is 3.94. The Morgan fingerprint density at radius 3 is 2.87 bits per heavy atom. The molecular formula is C15H16N6O2. The number of rotatable bonds is 5. The summed E-state index contributed by atoms with van der Waals surface area (Å²) in [6.07, 6.45) is 6.87. The Morgan fingerprint density at radius 2 is 2.13 bits per heavy atom. The second-order valence-electron chi connectivity index (χ2n) is 4.96. The van der Waals surface area contributed by atoms with Crippen molar-refractivity contribution in [2.75, 3.05) is 0 Å². The Morgan fingerprint density at radius 1 is 1.26 bits per heavy atom. The Bertz CT molecular complexity index is 781. The maximum Gasteiger partial charge on any atom is 0.315 e. The quantitative estimate of drug-likeness (QED) is 0.745. The molecule has 0 aromatic carbocycles. The maximum absolute atomic E-state index is 11.8. The highest BCUT2D eigenvalue weighted by atomic mass is 16.5. The van der Waals surface area contributed by atoms with Crippen LogP contribution in [0, 0.1) is 6.92 Å². The molecule has 0 radical (unpaired) electrons. The number of aryl methyl sites for hydroxylation is 1.